The molecule has 50 heavy (non-hydrogen) atoms. The molecule has 5 saturated heterocycles. The molecule has 2 amide bonds. The van der Waals surface area contributed by atoms with Crippen molar-refractivity contribution in [2.45, 2.75) is 93.0 Å². The van der Waals surface area contributed by atoms with Crippen molar-refractivity contribution in [2.24, 2.45) is 5.41 Å². The molecule has 17 heteroatoms. The first-order valence-electron chi connectivity index (χ1n) is 16.9. The lowest BCUT2D eigenvalue weighted by Gasteiger charge is -2.50. The van der Waals surface area contributed by atoms with Gasteiger partial charge in [0.05, 0.1) is 26.4 Å². The summed E-state index contributed by atoms with van der Waals surface area (Å²) in [5.74, 6) is -1.32. The van der Waals surface area contributed by atoms with Crippen LogP contribution in [0.4, 0.5) is 0 Å². The van der Waals surface area contributed by atoms with Gasteiger partial charge in [0.1, 0.15) is 67.1 Å². The van der Waals surface area contributed by atoms with E-state index in [4.69, 9.17) is 28.5 Å². The van der Waals surface area contributed by atoms with Gasteiger partial charge in [-0.2, -0.15) is 5.06 Å². The minimum atomic E-state index is -1.53. The molecule has 1 aliphatic carbocycles. The number of rotatable bonds is 11. The predicted molar refractivity (Wildman–Crippen MR) is 166 cm³/mol. The second-order valence-corrected chi connectivity index (χ2v) is 13.4. The number of nitrogens with one attached hydrogen (secondary N) is 1. The summed E-state index contributed by atoms with van der Waals surface area (Å²) in [6, 6.07) is 5.52. The van der Waals surface area contributed by atoms with Crippen LogP contribution in [0.25, 0.3) is 6.08 Å². The summed E-state index contributed by atoms with van der Waals surface area (Å²) in [6.07, 6.45) is -4.97. The average molecular weight is 706 g/mol. The molecule has 6 fully saturated rings. The summed E-state index contributed by atoms with van der Waals surface area (Å²) in [5.41, 5.74) is 0.198. The molecule has 12 atom stereocenters. The number of aliphatic hydroxyl groups excluding tert-OH is 5. The highest BCUT2D eigenvalue weighted by Crippen LogP contribution is 2.56. The van der Waals surface area contributed by atoms with Crippen molar-refractivity contribution in [1.82, 2.24) is 15.3 Å². The van der Waals surface area contributed by atoms with E-state index in [2.05, 4.69) is 5.32 Å². The largest absolute Gasteiger partial charge is 0.458 e. The monoisotopic (exact) mass is 705 g/mol. The van der Waals surface area contributed by atoms with E-state index >= 15 is 0 Å². The number of ether oxygens (including phenoxy) is 5. The molecule has 17 nitrogen and oxygen atoms in total. The minimum Gasteiger partial charge on any atom is -0.458 e. The van der Waals surface area contributed by atoms with E-state index in [0.29, 0.717) is 19.4 Å². The van der Waals surface area contributed by atoms with Crippen molar-refractivity contribution in [1.29, 1.82) is 0 Å². The number of fused-ring (bicyclic) bond motifs is 4. The third-order valence-corrected chi connectivity index (χ3v) is 10.5. The van der Waals surface area contributed by atoms with Crippen LogP contribution >= 0.6 is 0 Å². The van der Waals surface area contributed by atoms with E-state index in [9.17, 15) is 39.9 Å². The number of likely N-dealkylation sites (tertiary alicyclic amines) is 1. The summed E-state index contributed by atoms with van der Waals surface area (Å²) in [4.78, 5) is 49.4. The molecule has 12 unspecified atom stereocenters. The van der Waals surface area contributed by atoms with Crippen molar-refractivity contribution in [3.63, 3.8) is 0 Å². The Balaban J connectivity index is 1.05. The molecule has 6 aliphatic rings. The summed E-state index contributed by atoms with van der Waals surface area (Å²) < 4.78 is 28.4. The third kappa shape index (κ3) is 6.13. The number of hydroxylamine groups is 2. The zero-order valence-corrected chi connectivity index (χ0v) is 27.2. The zero-order chi connectivity index (χ0) is 35.2. The van der Waals surface area contributed by atoms with Crippen LogP contribution in [0.5, 0.6) is 0 Å². The van der Waals surface area contributed by atoms with Gasteiger partial charge >= 0.3 is 5.97 Å². The lowest BCUT2D eigenvalue weighted by molar-refractivity contribution is -0.298. The lowest BCUT2D eigenvalue weighted by atomic mass is 9.62. The molecule has 1 saturated carbocycles. The van der Waals surface area contributed by atoms with Crippen molar-refractivity contribution in [2.75, 3.05) is 39.7 Å². The highest BCUT2D eigenvalue weighted by Gasteiger charge is 2.75. The summed E-state index contributed by atoms with van der Waals surface area (Å²) in [6.45, 7) is -0.264. The number of aliphatic hydroxyl groups is 5. The van der Waals surface area contributed by atoms with E-state index in [1.807, 2.05) is 24.3 Å². The van der Waals surface area contributed by atoms with Gasteiger partial charge in [0.25, 0.3) is 0 Å². The molecule has 7 rings (SSSR count). The van der Waals surface area contributed by atoms with Crippen LogP contribution in [0.1, 0.15) is 30.4 Å². The van der Waals surface area contributed by atoms with Crippen LogP contribution in [-0.2, 0) is 49.5 Å². The number of hydrogen-bond donors (Lipinski definition) is 6. The molecular formula is C33H43N3O14. The maximum absolute atomic E-state index is 14.7. The third-order valence-electron chi connectivity index (χ3n) is 10.5. The molecule has 0 aromatic heterocycles. The fraction of sp³-hybridized carbons (Fsp3) is 0.667. The first-order valence-corrected chi connectivity index (χ1v) is 16.9. The van der Waals surface area contributed by atoms with Crippen molar-refractivity contribution in [3.8, 4) is 0 Å². The van der Waals surface area contributed by atoms with Gasteiger partial charge in [0.2, 0.25) is 11.8 Å². The Morgan fingerprint density at radius 1 is 1.06 bits per heavy atom. The van der Waals surface area contributed by atoms with Crippen LogP contribution in [-0.4, -0.2) is 160 Å². The number of nitrogens with zero attached hydrogens (tertiary/aromatic N) is 2. The van der Waals surface area contributed by atoms with E-state index < -0.39 is 85.2 Å². The molecule has 1 aromatic carbocycles. The quantitative estimate of drug-likeness (QED) is 0.128. The minimum absolute atomic E-state index is 0.00323. The Hall–Kier alpha value is -3.07. The second kappa shape index (κ2) is 14.5. The molecule has 0 radical (unpaired) electrons. The number of carbonyl (C=O) groups is 3. The number of hydrogen-bond acceptors (Lipinski definition) is 15. The SMILES string of the molecule is O=C(NCCO)C1CCCN1C(=O)C12CC3OC(=O)C1N(Cc1ccc(C=CCOC4OC(CO)C(O)C(O)C4O)cc1)OC2C1OCOC31. The smallest absolute Gasteiger partial charge is 0.327 e. The molecular weight excluding hydrogens is 662 g/mol. The van der Waals surface area contributed by atoms with Crippen LogP contribution in [0, 0.1) is 5.41 Å². The first kappa shape index (κ1) is 35.3. The van der Waals surface area contributed by atoms with Gasteiger partial charge in [0, 0.05) is 19.5 Å². The normalized spacial score (nSPS) is 39.5. The summed E-state index contributed by atoms with van der Waals surface area (Å²) >= 11 is 0. The van der Waals surface area contributed by atoms with Crippen molar-refractivity contribution < 1.29 is 68.4 Å². The fourth-order valence-corrected chi connectivity index (χ4v) is 8.11. The van der Waals surface area contributed by atoms with Crippen LogP contribution in [0.3, 0.4) is 0 Å². The van der Waals surface area contributed by atoms with E-state index in [1.54, 1.807) is 12.2 Å². The van der Waals surface area contributed by atoms with Crippen molar-refractivity contribution >= 4 is 23.9 Å². The molecule has 6 N–H and O–H groups in total. The molecule has 0 spiro atoms. The van der Waals surface area contributed by atoms with Gasteiger partial charge in [-0.25, -0.2) is 0 Å². The van der Waals surface area contributed by atoms with Gasteiger partial charge < -0.3 is 59.4 Å². The molecule has 5 heterocycles. The Kier molecular flexibility index (Phi) is 10.3. The topological polar surface area (TPSA) is 226 Å². The summed E-state index contributed by atoms with van der Waals surface area (Å²) in [5, 5.41) is 52.7. The maximum atomic E-state index is 14.7. The number of esters is 1. The van der Waals surface area contributed by atoms with E-state index in [1.165, 1.54) is 9.96 Å². The van der Waals surface area contributed by atoms with Crippen LogP contribution in [0.15, 0.2) is 30.3 Å². The first-order chi connectivity index (χ1) is 24.2. The molecule has 5 aliphatic heterocycles. The van der Waals surface area contributed by atoms with Crippen LogP contribution < -0.4 is 5.32 Å². The highest BCUT2D eigenvalue weighted by molar-refractivity contribution is 5.96. The maximum Gasteiger partial charge on any atom is 0.327 e. The van der Waals surface area contributed by atoms with Gasteiger partial charge in [-0.05, 0) is 24.0 Å². The Labute approximate surface area is 287 Å². The number of carbonyl (C=O) groups excluding carboxylic acids is 3. The Bertz CT molecular complexity index is 1440. The van der Waals surface area contributed by atoms with Crippen LogP contribution in [0.2, 0.25) is 0 Å². The fourth-order valence-electron chi connectivity index (χ4n) is 8.11. The van der Waals surface area contributed by atoms with E-state index in [-0.39, 0.29) is 51.3 Å². The predicted octanol–water partition coefficient (Wildman–Crippen LogP) is -2.84. The Morgan fingerprint density at radius 2 is 1.84 bits per heavy atom. The van der Waals surface area contributed by atoms with Gasteiger partial charge in [-0.3, -0.25) is 19.2 Å². The molecule has 2 bridgehead atoms. The van der Waals surface area contributed by atoms with Gasteiger partial charge in [0.15, 0.2) is 12.3 Å². The standard InChI is InChI=1S/C33H43N3O14/c37-11-9-34-29(42)19-4-1-10-35(19)32(44)33-13-20-25-26(47-16-46-25)28(33)50-36(27(33)30(43)48-20)14-18-7-5-17(6-8-18)3-2-12-45-31-24(41)23(40)22(39)21(15-38)49-31/h2-3,5-8,19-28,31,37-41H,1,4,9-16H2,(H,34,42). The molecule has 274 valence electrons. The Morgan fingerprint density at radius 3 is 2.60 bits per heavy atom. The highest BCUT2D eigenvalue weighted by atomic mass is 16.8. The number of amides is 2. The van der Waals surface area contributed by atoms with Crippen molar-refractivity contribution in [3.05, 3.63) is 41.5 Å². The lowest BCUT2D eigenvalue weighted by Crippen LogP contribution is -2.70. The molecule has 1 aromatic rings. The van der Waals surface area contributed by atoms with E-state index in [0.717, 1.165) is 11.1 Å². The summed E-state index contributed by atoms with van der Waals surface area (Å²) in [7, 11) is 0. The second-order valence-electron chi connectivity index (χ2n) is 13.4. The number of benzene rings is 1. The van der Waals surface area contributed by atoms with Gasteiger partial charge in [-0.15, -0.1) is 0 Å². The average Bonchev–Trinajstić information content (AvgIpc) is 3.88. The van der Waals surface area contributed by atoms with Gasteiger partial charge in [-0.1, -0.05) is 36.4 Å². The zero-order valence-electron chi connectivity index (χ0n) is 27.2.